The van der Waals surface area contributed by atoms with E-state index in [0.717, 1.165) is 38.0 Å². The van der Waals surface area contributed by atoms with E-state index in [2.05, 4.69) is 17.4 Å². The van der Waals surface area contributed by atoms with E-state index in [9.17, 15) is 5.21 Å². The summed E-state index contributed by atoms with van der Waals surface area (Å²) in [6.07, 6.45) is -0.607. The van der Waals surface area contributed by atoms with Crippen LogP contribution in [0.25, 0.3) is 21.5 Å². The maximum Gasteiger partial charge on any atom is 0.177 e. The Bertz CT molecular complexity index is 800. The zero-order valence-electron chi connectivity index (χ0n) is 10.2. The van der Waals surface area contributed by atoms with Gasteiger partial charge in [0.2, 0.25) is 0 Å². The van der Waals surface area contributed by atoms with Crippen LogP contribution in [0.2, 0.25) is 0 Å². The van der Waals surface area contributed by atoms with Crippen LogP contribution in [-0.4, -0.2) is 11.5 Å². The van der Waals surface area contributed by atoms with Gasteiger partial charge in [-0.1, -0.05) is 48.5 Å². The Morgan fingerprint density at radius 1 is 0.895 bits per heavy atom. The Balaban J connectivity index is 2.28. The highest BCUT2D eigenvalue weighted by Gasteiger charge is 2.28. The highest BCUT2D eigenvalue weighted by atomic mass is 16.5. The van der Waals surface area contributed by atoms with E-state index in [-0.39, 0.29) is 0 Å². The first-order valence-electron chi connectivity index (χ1n) is 6.21. The number of rotatable bonds is 0. The van der Waals surface area contributed by atoms with Gasteiger partial charge in [-0.3, -0.25) is 10.9 Å². The van der Waals surface area contributed by atoms with E-state index in [4.69, 9.17) is 5.73 Å². The lowest BCUT2D eigenvalue weighted by Gasteiger charge is -2.16. The summed E-state index contributed by atoms with van der Waals surface area (Å²) < 4.78 is 0. The molecule has 0 fully saturated rings. The Kier molecular flexibility index (Phi) is 2.01. The molecular weight excluding hydrogens is 238 g/mol. The van der Waals surface area contributed by atoms with Gasteiger partial charge in [-0.2, -0.15) is 0 Å². The second kappa shape index (κ2) is 3.60. The molecule has 4 nitrogen and oxygen atoms in total. The number of nitrogens with two attached hydrogens (primary N) is 1. The average molecular weight is 251 g/mol. The fourth-order valence-electron chi connectivity index (χ4n) is 2.85. The van der Waals surface area contributed by atoms with Crippen LogP contribution in [0.3, 0.4) is 0 Å². The maximum atomic E-state index is 10.2. The quantitative estimate of drug-likeness (QED) is 0.538. The third-order valence-corrected chi connectivity index (χ3v) is 3.69. The standard InChI is InChI=1S/C15H13N3O/c16-15-17-13-11-7-3-1-5-9(11)10-6-2-4-8-12(10)14(13)18(15)19/h1-8,15,17,19H,16H2. The Hall–Kier alpha value is -2.30. The fourth-order valence-corrected chi connectivity index (χ4v) is 2.85. The molecular formula is C15H13N3O. The lowest BCUT2D eigenvalue weighted by molar-refractivity contribution is 0.236. The molecule has 3 aromatic rings. The maximum absolute atomic E-state index is 10.2. The van der Waals surface area contributed by atoms with E-state index in [1.807, 2.05) is 36.4 Å². The lowest BCUT2D eigenvalue weighted by Crippen LogP contribution is -2.40. The smallest absolute Gasteiger partial charge is 0.177 e. The summed E-state index contributed by atoms with van der Waals surface area (Å²) in [5, 5.41) is 18.7. The Morgan fingerprint density at radius 2 is 1.42 bits per heavy atom. The van der Waals surface area contributed by atoms with Crippen molar-refractivity contribution in [3.8, 4) is 0 Å². The molecule has 94 valence electrons. The largest absolute Gasteiger partial charge is 0.349 e. The Morgan fingerprint density at radius 3 is 2.11 bits per heavy atom. The zero-order valence-corrected chi connectivity index (χ0v) is 10.2. The lowest BCUT2D eigenvalue weighted by atomic mass is 9.99. The Labute approximate surface area is 110 Å². The predicted molar refractivity (Wildman–Crippen MR) is 77.3 cm³/mol. The summed E-state index contributed by atoms with van der Waals surface area (Å²) in [6, 6.07) is 16.2. The van der Waals surface area contributed by atoms with Crippen molar-refractivity contribution in [1.29, 1.82) is 0 Å². The van der Waals surface area contributed by atoms with Crippen LogP contribution < -0.4 is 16.1 Å². The van der Waals surface area contributed by atoms with Crippen molar-refractivity contribution < 1.29 is 5.21 Å². The fraction of sp³-hybridized carbons (Fsp3) is 0.0667. The third-order valence-electron chi connectivity index (χ3n) is 3.69. The number of hydrogen-bond acceptors (Lipinski definition) is 4. The first-order chi connectivity index (χ1) is 9.27. The minimum atomic E-state index is -0.607. The second-order valence-corrected chi connectivity index (χ2v) is 4.75. The first kappa shape index (κ1) is 10.6. The summed E-state index contributed by atoms with van der Waals surface area (Å²) in [6.45, 7) is 0. The second-order valence-electron chi connectivity index (χ2n) is 4.75. The molecule has 0 saturated carbocycles. The van der Waals surface area contributed by atoms with Gasteiger partial charge < -0.3 is 5.32 Å². The van der Waals surface area contributed by atoms with Crippen LogP contribution in [0.4, 0.5) is 11.4 Å². The molecule has 1 unspecified atom stereocenters. The van der Waals surface area contributed by atoms with Crippen LogP contribution in [0.1, 0.15) is 0 Å². The van der Waals surface area contributed by atoms with Gasteiger partial charge in [0.05, 0.1) is 11.4 Å². The number of anilines is 2. The van der Waals surface area contributed by atoms with E-state index in [0.29, 0.717) is 0 Å². The summed E-state index contributed by atoms with van der Waals surface area (Å²) in [5.41, 5.74) is 7.52. The van der Waals surface area contributed by atoms with Crippen molar-refractivity contribution in [2.24, 2.45) is 5.73 Å². The minimum absolute atomic E-state index is 0.607. The number of benzene rings is 3. The molecule has 0 aromatic heterocycles. The normalized spacial score (nSPS) is 17.8. The molecule has 0 saturated heterocycles. The SMILES string of the molecule is NC1Nc2c(c3ccccc3c3ccccc23)N1O. The molecule has 4 heteroatoms. The van der Waals surface area contributed by atoms with Crippen LogP contribution in [-0.2, 0) is 0 Å². The number of hydrogen-bond donors (Lipinski definition) is 3. The van der Waals surface area contributed by atoms with Crippen molar-refractivity contribution in [1.82, 2.24) is 0 Å². The average Bonchev–Trinajstić information content (AvgIpc) is 2.76. The van der Waals surface area contributed by atoms with Gasteiger partial charge >= 0.3 is 0 Å². The van der Waals surface area contributed by atoms with Gasteiger partial charge in [0.15, 0.2) is 6.29 Å². The molecule has 1 heterocycles. The molecule has 0 aliphatic carbocycles. The van der Waals surface area contributed by atoms with Gasteiger partial charge in [0, 0.05) is 10.8 Å². The van der Waals surface area contributed by atoms with Crippen LogP contribution in [0.15, 0.2) is 48.5 Å². The molecule has 0 amide bonds. The number of nitrogens with zero attached hydrogens (tertiary/aromatic N) is 1. The molecule has 4 rings (SSSR count). The van der Waals surface area contributed by atoms with Crippen molar-refractivity contribution in [3.05, 3.63) is 48.5 Å². The van der Waals surface area contributed by atoms with Gasteiger partial charge in [-0.05, 0) is 10.8 Å². The van der Waals surface area contributed by atoms with E-state index >= 15 is 0 Å². The van der Waals surface area contributed by atoms with Crippen LogP contribution in [0, 0.1) is 0 Å². The van der Waals surface area contributed by atoms with Gasteiger partial charge in [-0.15, -0.1) is 0 Å². The van der Waals surface area contributed by atoms with Gasteiger partial charge in [0.25, 0.3) is 0 Å². The topological polar surface area (TPSA) is 61.5 Å². The third kappa shape index (κ3) is 1.30. The molecule has 1 aliphatic heterocycles. The minimum Gasteiger partial charge on any atom is -0.349 e. The summed E-state index contributed by atoms with van der Waals surface area (Å²) in [7, 11) is 0. The van der Waals surface area contributed by atoms with E-state index in [1.54, 1.807) is 0 Å². The van der Waals surface area contributed by atoms with Gasteiger partial charge in [0.1, 0.15) is 0 Å². The molecule has 0 bridgehead atoms. The summed E-state index contributed by atoms with van der Waals surface area (Å²) in [5.74, 6) is 0. The van der Waals surface area contributed by atoms with Crippen LogP contribution >= 0.6 is 0 Å². The molecule has 3 aromatic carbocycles. The number of nitrogens with one attached hydrogen (secondary N) is 1. The van der Waals surface area contributed by atoms with Crippen molar-refractivity contribution in [3.63, 3.8) is 0 Å². The number of fused-ring (bicyclic) bond motifs is 6. The van der Waals surface area contributed by atoms with E-state index in [1.165, 1.54) is 0 Å². The summed E-state index contributed by atoms with van der Waals surface area (Å²) >= 11 is 0. The monoisotopic (exact) mass is 251 g/mol. The molecule has 4 N–H and O–H groups in total. The van der Waals surface area contributed by atoms with Gasteiger partial charge in [-0.25, -0.2) is 5.06 Å². The summed E-state index contributed by atoms with van der Waals surface area (Å²) in [4.78, 5) is 0. The molecule has 0 radical (unpaired) electrons. The molecule has 19 heavy (non-hydrogen) atoms. The van der Waals surface area contributed by atoms with Crippen LogP contribution in [0.5, 0.6) is 0 Å². The van der Waals surface area contributed by atoms with Crippen molar-refractivity contribution in [2.45, 2.75) is 6.29 Å². The highest BCUT2D eigenvalue weighted by Crippen LogP contribution is 2.45. The predicted octanol–water partition coefficient (Wildman–Crippen LogP) is 2.86. The number of hydroxylamine groups is 1. The van der Waals surface area contributed by atoms with Crippen molar-refractivity contribution >= 4 is 32.9 Å². The first-order valence-corrected chi connectivity index (χ1v) is 6.21. The van der Waals surface area contributed by atoms with E-state index < -0.39 is 6.29 Å². The zero-order chi connectivity index (χ0) is 13.0. The van der Waals surface area contributed by atoms with Crippen molar-refractivity contribution in [2.75, 3.05) is 10.4 Å². The molecule has 1 aliphatic rings. The molecule has 0 spiro atoms. The molecule has 1 atom stereocenters. The highest BCUT2D eigenvalue weighted by molar-refractivity contribution is 6.21.